The number of hydrogen-bond acceptors (Lipinski definition) is 11. The minimum absolute atomic E-state index is 0.269. The second kappa shape index (κ2) is 25.1. The molecule has 16 nitrogen and oxygen atoms in total. The van der Waals surface area contributed by atoms with Crippen molar-refractivity contribution in [3.8, 4) is 0 Å². The average Bonchev–Trinajstić information content (AvgIpc) is 3.45. The highest BCUT2D eigenvalue weighted by atomic mass is 16.4. The molecular formula is C26H47N5O11. The molecule has 1 aliphatic rings. The summed E-state index contributed by atoms with van der Waals surface area (Å²) in [4.78, 5) is 49.7. The molecule has 5 unspecified atom stereocenters. The number of carboxylic acid groups (broad SMARTS) is 5. The van der Waals surface area contributed by atoms with Crippen LogP contribution in [-0.2, 0) is 30.4 Å². The summed E-state index contributed by atoms with van der Waals surface area (Å²) in [6, 6.07) is 6.43. The van der Waals surface area contributed by atoms with Crippen LogP contribution in [0.3, 0.4) is 0 Å². The van der Waals surface area contributed by atoms with Crippen LogP contribution in [0.25, 0.3) is 0 Å². The summed E-state index contributed by atoms with van der Waals surface area (Å²) in [6.07, 6.45) is 1.74. The van der Waals surface area contributed by atoms with E-state index >= 15 is 0 Å². The number of nitrogens with one attached hydrogen (secondary N) is 1. The molecule has 5 atom stereocenters. The predicted molar refractivity (Wildman–Crippen MR) is 153 cm³/mol. The van der Waals surface area contributed by atoms with Gasteiger partial charge in [-0.3, -0.25) is 24.0 Å². The average molecular weight is 606 g/mol. The summed E-state index contributed by atoms with van der Waals surface area (Å²) in [6.45, 7) is 5.81. The molecule has 1 aliphatic heterocycles. The largest absolute Gasteiger partial charge is 0.480 e. The first kappa shape index (κ1) is 42.8. The molecule has 0 amide bonds. The van der Waals surface area contributed by atoms with E-state index in [4.69, 9.17) is 47.8 Å². The summed E-state index contributed by atoms with van der Waals surface area (Å²) < 4.78 is 0. The van der Waals surface area contributed by atoms with Crippen LogP contribution in [0.4, 0.5) is 0 Å². The highest BCUT2D eigenvalue weighted by molar-refractivity contribution is 5.74. The first-order chi connectivity index (χ1) is 19.4. The molecule has 242 valence electrons. The Hall–Kier alpha value is -3.67. The van der Waals surface area contributed by atoms with E-state index in [-0.39, 0.29) is 12.6 Å². The Balaban J connectivity index is -0.000000465. The smallest absolute Gasteiger partial charge is 0.323 e. The van der Waals surface area contributed by atoms with E-state index in [1.165, 1.54) is 6.92 Å². The van der Waals surface area contributed by atoms with Gasteiger partial charge < -0.3 is 58.9 Å². The van der Waals surface area contributed by atoms with Gasteiger partial charge in [0.05, 0.1) is 12.6 Å². The molecule has 1 fully saturated rings. The van der Waals surface area contributed by atoms with Gasteiger partial charge >= 0.3 is 29.8 Å². The Labute approximate surface area is 244 Å². The van der Waals surface area contributed by atoms with Crippen molar-refractivity contribution >= 4 is 29.8 Å². The molecule has 16 heteroatoms. The van der Waals surface area contributed by atoms with Crippen LogP contribution in [0, 0.1) is 5.92 Å². The molecule has 0 aliphatic carbocycles. The third-order valence-corrected chi connectivity index (χ3v) is 5.00. The number of aliphatic hydroxyl groups excluding tert-OH is 1. The number of hydrogen-bond donors (Lipinski definition) is 11. The molecule has 0 saturated carbocycles. The summed E-state index contributed by atoms with van der Waals surface area (Å²) in [5.74, 6) is -4.38. The molecular weight excluding hydrogens is 558 g/mol. The summed E-state index contributed by atoms with van der Waals surface area (Å²) >= 11 is 0. The van der Waals surface area contributed by atoms with Gasteiger partial charge in [-0.1, -0.05) is 44.2 Å². The topological polar surface area (TPSA) is 323 Å². The number of benzene rings is 1. The van der Waals surface area contributed by atoms with Crippen molar-refractivity contribution in [3.05, 3.63) is 35.9 Å². The van der Waals surface area contributed by atoms with Gasteiger partial charge in [0.25, 0.3) is 0 Å². The molecule has 1 aromatic rings. The summed E-state index contributed by atoms with van der Waals surface area (Å²) in [7, 11) is 0. The van der Waals surface area contributed by atoms with Crippen molar-refractivity contribution in [2.24, 2.45) is 28.9 Å². The minimum Gasteiger partial charge on any atom is -0.480 e. The van der Waals surface area contributed by atoms with Crippen LogP contribution in [-0.4, -0.2) is 104 Å². The maximum atomic E-state index is 10.4. The zero-order chi connectivity index (χ0) is 33.4. The minimum atomic E-state index is -1.18. The maximum Gasteiger partial charge on any atom is 0.323 e. The van der Waals surface area contributed by atoms with Gasteiger partial charge in [0, 0.05) is 0 Å². The van der Waals surface area contributed by atoms with Crippen molar-refractivity contribution in [1.82, 2.24) is 5.32 Å². The van der Waals surface area contributed by atoms with Gasteiger partial charge in [-0.25, -0.2) is 0 Å². The van der Waals surface area contributed by atoms with Gasteiger partial charge in [0.1, 0.15) is 24.2 Å². The predicted octanol–water partition coefficient (Wildman–Crippen LogP) is -1.28. The lowest BCUT2D eigenvalue weighted by atomic mass is 10.1. The monoisotopic (exact) mass is 605 g/mol. The van der Waals surface area contributed by atoms with E-state index in [0.717, 1.165) is 24.9 Å². The zero-order valence-corrected chi connectivity index (χ0v) is 24.1. The zero-order valence-electron chi connectivity index (χ0n) is 24.1. The molecule has 42 heavy (non-hydrogen) atoms. The summed E-state index contributed by atoms with van der Waals surface area (Å²) in [5, 5.41) is 52.2. The fourth-order valence-corrected chi connectivity index (χ4v) is 2.67. The number of nitrogens with two attached hydrogens (primary N) is 4. The van der Waals surface area contributed by atoms with Crippen LogP contribution in [0.5, 0.6) is 0 Å². The van der Waals surface area contributed by atoms with E-state index in [9.17, 15) is 24.0 Å². The van der Waals surface area contributed by atoms with Gasteiger partial charge in [-0.2, -0.15) is 0 Å². The molecule has 1 aromatic carbocycles. The van der Waals surface area contributed by atoms with Gasteiger partial charge in [-0.15, -0.1) is 0 Å². The van der Waals surface area contributed by atoms with E-state index < -0.39 is 54.1 Å². The van der Waals surface area contributed by atoms with Gasteiger partial charge in [-0.05, 0) is 50.6 Å². The molecule has 2 rings (SSSR count). The Morgan fingerprint density at radius 2 is 1.33 bits per heavy atom. The van der Waals surface area contributed by atoms with Crippen LogP contribution >= 0.6 is 0 Å². The number of carbonyl (C=O) groups is 5. The lowest BCUT2D eigenvalue weighted by molar-refractivity contribution is -0.141. The van der Waals surface area contributed by atoms with Crippen LogP contribution < -0.4 is 28.3 Å². The van der Waals surface area contributed by atoms with Crippen LogP contribution in [0.15, 0.2) is 30.3 Å². The number of rotatable bonds is 10. The molecule has 0 radical (unpaired) electrons. The van der Waals surface area contributed by atoms with E-state index in [1.807, 2.05) is 44.2 Å². The van der Waals surface area contributed by atoms with Crippen molar-refractivity contribution in [2.75, 3.05) is 13.1 Å². The maximum absolute atomic E-state index is 10.4. The van der Waals surface area contributed by atoms with E-state index in [1.54, 1.807) is 0 Å². The highest BCUT2D eigenvalue weighted by Crippen LogP contribution is 2.04. The van der Waals surface area contributed by atoms with Crippen molar-refractivity contribution in [1.29, 1.82) is 0 Å². The van der Waals surface area contributed by atoms with Crippen LogP contribution in [0.1, 0.15) is 45.6 Å². The Morgan fingerprint density at radius 1 is 0.857 bits per heavy atom. The Bertz CT molecular complexity index is 899. The van der Waals surface area contributed by atoms with E-state index in [2.05, 4.69) is 11.1 Å². The fraction of sp³-hybridized carbons (Fsp3) is 0.577. The molecule has 0 spiro atoms. The quantitative estimate of drug-likeness (QED) is 0.148. The number of carboxylic acids is 5. The third-order valence-electron chi connectivity index (χ3n) is 5.00. The summed E-state index contributed by atoms with van der Waals surface area (Å²) in [5.41, 5.74) is 21.0. The first-order valence-electron chi connectivity index (χ1n) is 12.9. The van der Waals surface area contributed by atoms with Gasteiger partial charge in [0.15, 0.2) is 0 Å². The van der Waals surface area contributed by atoms with Gasteiger partial charge in [0.2, 0.25) is 0 Å². The lowest BCUT2D eigenvalue weighted by Crippen LogP contribution is -2.39. The van der Waals surface area contributed by atoms with Crippen LogP contribution in [0.2, 0.25) is 0 Å². The number of aliphatic carboxylic acids is 5. The Kier molecular flexibility index (Phi) is 25.5. The molecule has 0 aromatic heterocycles. The van der Waals surface area contributed by atoms with Crippen molar-refractivity contribution < 1.29 is 54.6 Å². The third kappa shape index (κ3) is 26.5. The van der Waals surface area contributed by atoms with Crippen molar-refractivity contribution in [3.63, 3.8) is 0 Å². The molecule has 15 N–H and O–H groups in total. The SMILES string of the molecule is CC(C)CC(N)C(=O)O.CC(O)C(N)C(=O)O.NC(Cc1ccccc1)C(=O)O.NCC(=O)O.O=C(O)C1CCCN1. The first-order valence-corrected chi connectivity index (χ1v) is 12.9. The van der Waals surface area contributed by atoms with E-state index in [0.29, 0.717) is 18.8 Å². The standard InChI is InChI=1S/C9H11NO2.C6H13NO2.C5H9NO2.C4H9NO3.C2H5NO2/c10-8(9(11)12)6-7-4-2-1-3-5-7;1-4(2)3-5(7)6(8)9;7-5(8)4-2-1-3-6-4;1-2(6)3(5)4(7)8;3-1-2(4)5/h1-5,8H,6,10H2,(H,11,12);4-5H,3,7H2,1-2H3,(H,8,9);4,6H,1-3H2,(H,7,8);2-3,6H,5H2,1H3,(H,7,8);1,3H2,(H,4,5). The number of aliphatic hydroxyl groups is 1. The second-order valence-corrected chi connectivity index (χ2v) is 9.40. The highest BCUT2D eigenvalue weighted by Gasteiger charge is 2.20. The molecule has 1 saturated heterocycles. The fourth-order valence-electron chi connectivity index (χ4n) is 2.67. The lowest BCUT2D eigenvalue weighted by Gasteiger charge is -2.07. The van der Waals surface area contributed by atoms with Crippen molar-refractivity contribution in [2.45, 2.75) is 76.7 Å². The molecule has 0 bridgehead atoms. The second-order valence-electron chi connectivity index (χ2n) is 9.40. The molecule has 1 heterocycles. The Morgan fingerprint density at radius 3 is 1.55 bits per heavy atom. The normalized spacial score (nSPS) is 16.1.